The van der Waals surface area contributed by atoms with Crippen LogP contribution in [0.25, 0.3) is 0 Å². The van der Waals surface area contributed by atoms with Crippen molar-refractivity contribution >= 4 is 21.6 Å². The summed E-state index contributed by atoms with van der Waals surface area (Å²) in [5, 5.41) is 2.80. The maximum absolute atomic E-state index is 13.0. The van der Waals surface area contributed by atoms with Crippen molar-refractivity contribution in [2.24, 2.45) is 0 Å². The highest BCUT2D eigenvalue weighted by molar-refractivity contribution is 7.89. The van der Waals surface area contributed by atoms with Crippen molar-refractivity contribution in [3.8, 4) is 11.5 Å². The number of carbonyl (C=O) groups excluding carboxylic acids is 1. The molecular weight excluding hydrogens is 368 g/mol. The molecule has 1 amide bonds. The molecule has 0 radical (unpaired) electrons. The Morgan fingerprint density at radius 3 is 2.63 bits per heavy atom. The minimum absolute atomic E-state index is 0.151. The first kappa shape index (κ1) is 17.8. The number of fused-ring (bicyclic) bond motifs is 1. The molecule has 1 N–H and O–H groups in total. The van der Waals surface area contributed by atoms with E-state index >= 15 is 0 Å². The van der Waals surface area contributed by atoms with Gasteiger partial charge in [-0.1, -0.05) is 17.7 Å². The summed E-state index contributed by atoms with van der Waals surface area (Å²) >= 11 is 0. The van der Waals surface area contributed by atoms with E-state index in [1.54, 1.807) is 42.5 Å². The number of hydrogen-bond acceptors (Lipinski definition) is 5. The largest absolute Gasteiger partial charge is 0.454 e. The monoisotopic (exact) mass is 388 g/mol. The lowest BCUT2D eigenvalue weighted by Gasteiger charge is -2.23. The molecule has 1 unspecified atom stereocenters. The van der Waals surface area contributed by atoms with Crippen LogP contribution in [-0.4, -0.2) is 38.0 Å². The second-order valence-electron chi connectivity index (χ2n) is 6.64. The Kier molecular flexibility index (Phi) is 4.53. The van der Waals surface area contributed by atoms with Crippen LogP contribution in [0.5, 0.6) is 11.5 Å². The number of sulfonamides is 1. The lowest BCUT2D eigenvalue weighted by Crippen LogP contribution is -2.43. The first-order chi connectivity index (χ1) is 12.9. The van der Waals surface area contributed by atoms with Gasteiger partial charge in [0.15, 0.2) is 11.5 Å². The summed E-state index contributed by atoms with van der Waals surface area (Å²) in [6.45, 7) is 2.38. The highest BCUT2D eigenvalue weighted by Crippen LogP contribution is 2.34. The van der Waals surface area contributed by atoms with Gasteiger partial charge in [0.25, 0.3) is 0 Å². The molecule has 2 aromatic carbocycles. The Hall–Kier alpha value is -2.58. The summed E-state index contributed by atoms with van der Waals surface area (Å²) in [4.78, 5) is 13.0. The fourth-order valence-electron chi connectivity index (χ4n) is 3.34. The van der Waals surface area contributed by atoms with Gasteiger partial charge < -0.3 is 14.8 Å². The van der Waals surface area contributed by atoms with Crippen molar-refractivity contribution in [3.05, 3.63) is 48.0 Å². The molecule has 0 aromatic heterocycles. The van der Waals surface area contributed by atoms with Crippen LogP contribution < -0.4 is 14.8 Å². The van der Waals surface area contributed by atoms with Crippen LogP contribution in [0, 0.1) is 6.92 Å². The maximum atomic E-state index is 13.0. The first-order valence-electron chi connectivity index (χ1n) is 8.74. The zero-order chi connectivity index (χ0) is 19.0. The Morgan fingerprint density at radius 2 is 1.85 bits per heavy atom. The molecular formula is C19H20N2O5S. The van der Waals surface area contributed by atoms with Crippen LogP contribution in [-0.2, 0) is 14.8 Å². The van der Waals surface area contributed by atoms with Crippen molar-refractivity contribution in [1.29, 1.82) is 0 Å². The number of hydrogen-bond donors (Lipinski definition) is 1. The molecule has 142 valence electrons. The number of anilines is 1. The summed E-state index contributed by atoms with van der Waals surface area (Å²) in [6.07, 6.45) is 1.13. The Balaban J connectivity index is 1.54. The minimum Gasteiger partial charge on any atom is -0.454 e. The van der Waals surface area contributed by atoms with E-state index in [9.17, 15) is 13.2 Å². The summed E-state index contributed by atoms with van der Waals surface area (Å²) in [5.74, 6) is 0.836. The average molecular weight is 388 g/mol. The zero-order valence-corrected chi connectivity index (χ0v) is 15.7. The molecule has 27 heavy (non-hydrogen) atoms. The SMILES string of the molecule is Cc1ccc(S(=O)(=O)N2CCCC2C(=O)Nc2ccc3c(c2)OCO3)cc1. The molecule has 7 nitrogen and oxygen atoms in total. The summed E-state index contributed by atoms with van der Waals surface area (Å²) in [5.41, 5.74) is 1.52. The van der Waals surface area contributed by atoms with Crippen LogP contribution in [0.2, 0.25) is 0 Å². The number of nitrogens with one attached hydrogen (secondary N) is 1. The molecule has 2 heterocycles. The van der Waals surface area contributed by atoms with Gasteiger partial charge in [0.05, 0.1) is 4.90 Å². The minimum atomic E-state index is -3.72. The molecule has 2 aliphatic rings. The van der Waals surface area contributed by atoms with E-state index in [1.165, 1.54) is 4.31 Å². The number of rotatable bonds is 4. The standard InChI is InChI=1S/C19H20N2O5S/c1-13-4-7-15(8-5-13)27(23,24)21-10-2-3-16(21)19(22)20-14-6-9-17-18(11-14)26-12-25-17/h4-9,11,16H,2-3,10,12H2,1H3,(H,20,22). The molecule has 1 atom stereocenters. The van der Waals surface area contributed by atoms with E-state index < -0.39 is 16.1 Å². The number of benzene rings is 2. The van der Waals surface area contributed by atoms with Gasteiger partial charge in [-0.05, 0) is 44.0 Å². The van der Waals surface area contributed by atoms with E-state index in [0.29, 0.717) is 36.6 Å². The first-order valence-corrected chi connectivity index (χ1v) is 10.2. The smallest absolute Gasteiger partial charge is 0.243 e. The van der Waals surface area contributed by atoms with Crippen molar-refractivity contribution in [2.75, 3.05) is 18.7 Å². The zero-order valence-electron chi connectivity index (χ0n) is 14.8. The fourth-order valence-corrected chi connectivity index (χ4v) is 4.99. The van der Waals surface area contributed by atoms with Gasteiger partial charge in [-0.2, -0.15) is 4.31 Å². The Labute approximate surface area is 157 Å². The number of carbonyl (C=O) groups is 1. The highest BCUT2D eigenvalue weighted by atomic mass is 32.2. The number of nitrogens with zero attached hydrogens (tertiary/aromatic N) is 1. The molecule has 0 bridgehead atoms. The molecule has 0 aliphatic carbocycles. The van der Waals surface area contributed by atoms with E-state index in [2.05, 4.69) is 5.32 Å². The second kappa shape index (κ2) is 6.86. The third-order valence-corrected chi connectivity index (χ3v) is 6.70. The van der Waals surface area contributed by atoms with Crippen molar-refractivity contribution < 1.29 is 22.7 Å². The van der Waals surface area contributed by atoms with Gasteiger partial charge in [0, 0.05) is 18.3 Å². The van der Waals surface area contributed by atoms with Gasteiger partial charge in [-0.15, -0.1) is 0 Å². The Morgan fingerprint density at radius 1 is 1.11 bits per heavy atom. The molecule has 1 fully saturated rings. The van der Waals surface area contributed by atoms with Gasteiger partial charge in [0.2, 0.25) is 22.7 Å². The second-order valence-corrected chi connectivity index (χ2v) is 8.53. The maximum Gasteiger partial charge on any atom is 0.243 e. The molecule has 0 spiro atoms. The lowest BCUT2D eigenvalue weighted by atomic mass is 10.2. The van der Waals surface area contributed by atoms with E-state index in [-0.39, 0.29) is 17.6 Å². The summed E-state index contributed by atoms with van der Waals surface area (Å²) in [6, 6.07) is 11.0. The van der Waals surface area contributed by atoms with E-state index in [1.807, 2.05) is 6.92 Å². The van der Waals surface area contributed by atoms with Gasteiger partial charge in [-0.25, -0.2) is 8.42 Å². The lowest BCUT2D eigenvalue weighted by molar-refractivity contribution is -0.119. The third kappa shape index (κ3) is 3.38. The van der Waals surface area contributed by atoms with Crippen LogP contribution in [0.4, 0.5) is 5.69 Å². The summed E-state index contributed by atoms with van der Waals surface area (Å²) in [7, 11) is -3.72. The van der Waals surface area contributed by atoms with Gasteiger partial charge in [0.1, 0.15) is 6.04 Å². The van der Waals surface area contributed by atoms with Gasteiger partial charge >= 0.3 is 0 Å². The van der Waals surface area contributed by atoms with Crippen LogP contribution >= 0.6 is 0 Å². The molecule has 4 rings (SSSR count). The quantitative estimate of drug-likeness (QED) is 0.870. The van der Waals surface area contributed by atoms with Crippen molar-refractivity contribution in [1.82, 2.24) is 4.31 Å². The van der Waals surface area contributed by atoms with Gasteiger partial charge in [-0.3, -0.25) is 4.79 Å². The molecule has 1 saturated heterocycles. The van der Waals surface area contributed by atoms with Crippen LogP contribution in [0.15, 0.2) is 47.4 Å². The molecule has 2 aromatic rings. The molecule has 2 aliphatic heterocycles. The van der Waals surface area contributed by atoms with Crippen molar-refractivity contribution in [2.45, 2.75) is 30.7 Å². The summed E-state index contributed by atoms with van der Waals surface area (Å²) < 4.78 is 37.8. The third-order valence-electron chi connectivity index (χ3n) is 4.77. The van der Waals surface area contributed by atoms with E-state index in [4.69, 9.17) is 9.47 Å². The Bertz CT molecular complexity index is 972. The molecule has 8 heteroatoms. The fraction of sp³-hybridized carbons (Fsp3) is 0.316. The molecule has 0 saturated carbocycles. The van der Waals surface area contributed by atoms with E-state index in [0.717, 1.165) is 5.56 Å². The predicted octanol–water partition coefficient (Wildman–Crippen LogP) is 2.52. The topological polar surface area (TPSA) is 84.9 Å². The van der Waals surface area contributed by atoms with Crippen LogP contribution in [0.1, 0.15) is 18.4 Å². The number of aryl methyl sites for hydroxylation is 1. The predicted molar refractivity (Wildman–Crippen MR) is 99.3 cm³/mol. The highest BCUT2D eigenvalue weighted by Gasteiger charge is 2.39. The van der Waals surface area contributed by atoms with Crippen molar-refractivity contribution in [3.63, 3.8) is 0 Å². The average Bonchev–Trinajstić information content (AvgIpc) is 3.31. The van der Waals surface area contributed by atoms with Crippen LogP contribution in [0.3, 0.4) is 0 Å². The number of amides is 1. The normalized spacial score (nSPS) is 19.2. The number of ether oxygens (including phenoxy) is 2.